The van der Waals surface area contributed by atoms with E-state index in [0.29, 0.717) is 21.5 Å². The lowest BCUT2D eigenvalue weighted by Crippen LogP contribution is -2.48. The molecule has 156 valence electrons. The summed E-state index contributed by atoms with van der Waals surface area (Å²) in [5.41, 5.74) is 0. The average molecular weight is 439 g/mol. The standard InChI is InChI=1S/C21H24Cl2N2O4/c1-13(25-21(27)15(3)29-19-11-7-5-9-17(19)23)12-24-20(26)14(2)28-18-10-6-4-8-16(18)22/h4-11,13-15H,12H2,1-3H3,(H,24,26)(H,25,27). The number of benzene rings is 2. The summed E-state index contributed by atoms with van der Waals surface area (Å²) in [6.45, 7) is 5.27. The molecule has 0 fully saturated rings. The van der Waals surface area contributed by atoms with E-state index in [9.17, 15) is 9.59 Å². The second-order valence-electron chi connectivity index (χ2n) is 6.54. The fraction of sp³-hybridized carbons (Fsp3) is 0.333. The average Bonchev–Trinajstić information content (AvgIpc) is 2.69. The molecule has 0 aliphatic heterocycles. The van der Waals surface area contributed by atoms with Crippen LogP contribution in [-0.2, 0) is 9.59 Å². The molecular weight excluding hydrogens is 415 g/mol. The van der Waals surface area contributed by atoms with Crippen LogP contribution in [0, 0.1) is 0 Å². The second kappa shape index (κ2) is 10.9. The van der Waals surface area contributed by atoms with Crippen molar-refractivity contribution in [2.75, 3.05) is 6.54 Å². The molecule has 0 bridgehead atoms. The molecule has 2 N–H and O–H groups in total. The number of hydrogen-bond donors (Lipinski definition) is 2. The van der Waals surface area contributed by atoms with Crippen molar-refractivity contribution in [3.63, 3.8) is 0 Å². The van der Waals surface area contributed by atoms with Crippen LogP contribution in [0.5, 0.6) is 11.5 Å². The molecule has 0 aromatic heterocycles. The molecule has 0 aliphatic carbocycles. The van der Waals surface area contributed by atoms with Gasteiger partial charge in [0.25, 0.3) is 11.8 Å². The number of carbonyl (C=O) groups excluding carboxylic acids is 2. The summed E-state index contributed by atoms with van der Waals surface area (Å²) in [5.74, 6) is 0.241. The maximum Gasteiger partial charge on any atom is 0.261 e. The Morgan fingerprint density at radius 1 is 0.828 bits per heavy atom. The quantitative estimate of drug-likeness (QED) is 0.623. The van der Waals surface area contributed by atoms with Gasteiger partial charge in [-0.15, -0.1) is 0 Å². The number of carbonyl (C=O) groups is 2. The van der Waals surface area contributed by atoms with Gasteiger partial charge in [0.15, 0.2) is 12.2 Å². The number of ether oxygens (including phenoxy) is 2. The molecule has 0 aliphatic rings. The van der Waals surface area contributed by atoms with Gasteiger partial charge in [-0.2, -0.15) is 0 Å². The molecule has 29 heavy (non-hydrogen) atoms. The Balaban J connectivity index is 1.77. The minimum atomic E-state index is -0.740. The van der Waals surface area contributed by atoms with Gasteiger partial charge in [0.2, 0.25) is 0 Å². The highest BCUT2D eigenvalue weighted by atomic mass is 35.5. The molecule has 2 amide bonds. The predicted octanol–water partition coefficient (Wildman–Crippen LogP) is 3.85. The fourth-order valence-electron chi connectivity index (χ4n) is 2.38. The van der Waals surface area contributed by atoms with E-state index in [1.807, 2.05) is 0 Å². The first-order chi connectivity index (χ1) is 13.8. The van der Waals surface area contributed by atoms with Gasteiger partial charge < -0.3 is 20.1 Å². The fourth-order valence-corrected chi connectivity index (χ4v) is 2.74. The Bertz CT molecular complexity index is 847. The molecule has 0 saturated heterocycles. The zero-order valence-corrected chi connectivity index (χ0v) is 18.0. The van der Waals surface area contributed by atoms with E-state index >= 15 is 0 Å². The third kappa shape index (κ3) is 7.15. The summed E-state index contributed by atoms with van der Waals surface area (Å²) in [6, 6.07) is 13.5. The Kier molecular flexibility index (Phi) is 8.61. The van der Waals surface area contributed by atoms with Crippen molar-refractivity contribution >= 4 is 35.0 Å². The van der Waals surface area contributed by atoms with Gasteiger partial charge in [-0.05, 0) is 45.0 Å². The predicted molar refractivity (Wildman–Crippen MR) is 114 cm³/mol. The van der Waals surface area contributed by atoms with Crippen LogP contribution >= 0.6 is 23.2 Å². The third-order valence-electron chi connectivity index (χ3n) is 3.99. The van der Waals surface area contributed by atoms with Crippen molar-refractivity contribution < 1.29 is 19.1 Å². The van der Waals surface area contributed by atoms with Crippen LogP contribution in [0.3, 0.4) is 0 Å². The topological polar surface area (TPSA) is 76.7 Å². The SMILES string of the molecule is CC(CNC(=O)C(C)Oc1ccccc1Cl)NC(=O)C(C)Oc1ccccc1Cl. The molecule has 3 atom stereocenters. The third-order valence-corrected chi connectivity index (χ3v) is 4.61. The van der Waals surface area contributed by atoms with Crippen molar-refractivity contribution in [3.8, 4) is 11.5 Å². The van der Waals surface area contributed by atoms with Crippen LogP contribution in [0.1, 0.15) is 20.8 Å². The van der Waals surface area contributed by atoms with E-state index in [2.05, 4.69) is 10.6 Å². The zero-order valence-electron chi connectivity index (χ0n) is 16.4. The van der Waals surface area contributed by atoms with Crippen molar-refractivity contribution in [3.05, 3.63) is 58.6 Å². The van der Waals surface area contributed by atoms with Gasteiger partial charge in [-0.1, -0.05) is 47.5 Å². The second-order valence-corrected chi connectivity index (χ2v) is 7.35. The van der Waals surface area contributed by atoms with E-state index in [4.69, 9.17) is 32.7 Å². The summed E-state index contributed by atoms with van der Waals surface area (Å²) >= 11 is 12.1. The largest absolute Gasteiger partial charge is 0.479 e. The van der Waals surface area contributed by atoms with E-state index in [1.54, 1.807) is 69.3 Å². The normalized spacial score (nSPS) is 13.7. The lowest BCUT2D eigenvalue weighted by atomic mass is 10.2. The lowest BCUT2D eigenvalue weighted by molar-refractivity contribution is -0.129. The van der Waals surface area contributed by atoms with Crippen LogP contribution in [0.15, 0.2) is 48.5 Å². The Morgan fingerprint density at radius 2 is 1.28 bits per heavy atom. The first kappa shape index (κ1) is 22.8. The molecular formula is C21H24Cl2N2O4. The highest BCUT2D eigenvalue weighted by Gasteiger charge is 2.20. The summed E-state index contributed by atoms with van der Waals surface area (Å²) in [6.07, 6.45) is -1.48. The smallest absolute Gasteiger partial charge is 0.261 e. The number of amides is 2. The highest BCUT2D eigenvalue weighted by molar-refractivity contribution is 6.32. The van der Waals surface area contributed by atoms with Gasteiger partial charge in [0.05, 0.1) is 10.0 Å². The van der Waals surface area contributed by atoms with Crippen molar-refractivity contribution in [2.45, 2.75) is 39.0 Å². The zero-order chi connectivity index (χ0) is 21.4. The van der Waals surface area contributed by atoms with E-state index in [1.165, 1.54) is 0 Å². The van der Waals surface area contributed by atoms with Crippen LogP contribution in [-0.4, -0.2) is 36.6 Å². The molecule has 0 heterocycles. The number of rotatable bonds is 9. The summed E-state index contributed by atoms with van der Waals surface area (Å²) in [7, 11) is 0. The lowest BCUT2D eigenvalue weighted by Gasteiger charge is -2.21. The van der Waals surface area contributed by atoms with Crippen molar-refractivity contribution in [1.29, 1.82) is 0 Å². The van der Waals surface area contributed by atoms with Gasteiger partial charge in [0.1, 0.15) is 11.5 Å². The monoisotopic (exact) mass is 438 g/mol. The molecule has 3 unspecified atom stereocenters. The summed E-state index contributed by atoms with van der Waals surface area (Å²) in [4.78, 5) is 24.5. The summed E-state index contributed by atoms with van der Waals surface area (Å²) < 4.78 is 11.2. The Morgan fingerprint density at radius 3 is 1.76 bits per heavy atom. The molecule has 2 rings (SSSR count). The molecule has 8 heteroatoms. The highest BCUT2D eigenvalue weighted by Crippen LogP contribution is 2.25. The van der Waals surface area contributed by atoms with Crippen molar-refractivity contribution in [2.24, 2.45) is 0 Å². The Labute approximate surface area is 180 Å². The van der Waals surface area contributed by atoms with Gasteiger partial charge in [0, 0.05) is 12.6 Å². The number of nitrogens with one attached hydrogen (secondary N) is 2. The number of halogens is 2. The van der Waals surface area contributed by atoms with Crippen LogP contribution in [0.2, 0.25) is 10.0 Å². The van der Waals surface area contributed by atoms with E-state index < -0.39 is 12.2 Å². The molecule has 2 aromatic rings. The van der Waals surface area contributed by atoms with Gasteiger partial charge in [-0.25, -0.2) is 0 Å². The van der Waals surface area contributed by atoms with E-state index in [-0.39, 0.29) is 24.4 Å². The van der Waals surface area contributed by atoms with Crippen molar-refractivity contribution in [1.82, 2.24) is 10.6 Å². The van der Waals surface area contributed by atoms with Crippen LogP contribution in [0.4, 0.5) is 0 Å². The molecule has 0 spiro atoms. The van der Waals surface area contributed by atoms with Crippen LogP contribution in [0.25, 0.3) is 0 Å². The first-order valence-corrected chi connectivity index (χ1v) is 9.94. The minimum absolute atomic E-state index is 0.236. The molecule has 6 nitrogen and oxygen atoms in total. The number of hydrogen-bond acceptors (Lipinski definition) is 4. The number of para-hydroxylation sites is 2. The summed E-state index contributed by atoms with van der Waals surface area (Å²) in [5, 5.41) is 6.39. The Hall–Kier alpha value is -2.44. The molecule has 2 aromatic carbocycles. The van der Waals surface area contributed by atoms with E-state index in [0.717, 1.165) is 0 Å². The van der Waals surface area contributed by atoms with Gasteiger partial charge >= 0.3 is 0 Å². The minimum Gasteiger partial charge on any atom is -0.479 e. The molecule has 0 radical (unpaired) electrons. The first-order valence-electron chi connectivity index (χ1n) is 9.18. The molecule has 0 saturated carbocycles. The maximum absolute atomic E-state index is 12.3. The van der Waals surface area contributed by atoms with Crippen LogP contribution < -0.4 is 20.1 Å². The maximum atomic E-state index is 12.3. The van der Waals surface area contributed by atoms with Gasteiger partial charge in [-0.3, -0.25) is 9.59 Å².